The van der Waals surface area contributed by atoms with Crippen LogP contribution in [0.2, 0.25) is 5.02 Å². The zero-order chi connectivity index (χ0) is 13.9. The third-order valence-corrected chi connectivity index (χ3v) is 4.64. The number of halogens is 1. The van der Waals surface area contributed by atoms with Crippen LogP contribution < -0.4 is 4.46 Å². The van der Waals surface area contributed by atoms with Crippen molar-refractivity contribution in [3.63, 3.8) is 0 Å². The fourth-order valence-electron chi connectivity index (χ4n) is 1.56. The van der Waals surface area contributed by atoms with Crippen molar-refractivity contribution in [2.75, 3.05) is 0 Å². The molecule has 1 N–H and O–H groups in total. The number of imidazole rings is 1. The third-order valence-electron chi connectivity index (χ3n) is 2.53. The summed E-state index contributed by atoms with van der Waals surface area (Å²) < 4.78 is 3.05. The quantitative estimate of drug-likeness (QED) is 0.865. The molecule has 0 aliphatic heterocycles. The van der Waals surface area contributed by atoms with E-state index in [1.165, 1.54) is 4.46 Å². The molecule has 1 heterocycles. The Bertz CT molecular complexity index is 556. The van der Waals surface area contributed by atoms with E-state index >= 15 is 0 Å². The molecule has 0 aliphatic rings. The standard InChI is InChI=1S/C14H15ClN2OSe/c1-14(2,18)13(17-8-7-16-10-17)9-19-12-5-3-11(15)4-6-12/h3-10,18H,1-2H3/b13-9-. The molecule has 2 aromatic rings. The molecule has 100 valence electrons. The van der Waals surface area contributed by atoms with E-state index in [-0.39, 0.29) is 15.0 Å². The molecular formula is C14H15ClN2OSe. The fourth-order valence-corrected chi connectivity index (χ4v) is 3.68. The van der Waals surface area contributed by atoms with Crippen molar-refractivity contribution in [2.24, 2.45) is 0 Å². The van der Waals surface area contributed by atoms with Crippen LogP contribution in [0.5, 0.6) is 0 Å². The van der Waals surface area contributed by atoms with Gasteiger partial charge in [-0.3, -0.25) is 0 Å². The molecule has 1 aromatic heterocycles. The van der Waals surface area contributed by atoms with Gasteiger partial charge in [-0.2, -0.15) is 0 Å². The van der Waals surface area contributed by atoms with E-state index in [2.05, 4.69) is 9.96 Å². The minimum absolute atomic E-state index is 0.129. The average Bonchev–Trinajstić information content (AvgIpc) is 2.83. The van der Waals surface area contributed by atoms with Crippen LogP contribution in [-0.2, 0) is 0 Å². The van der Waals surface area contributed by atoms with Gasteiger partial charge in [-0.15, -0.1) is 0 Å². The molecule has 0 saturated heterocycles. The Balaban J connectivity index is 2.24. The first-order valence-corrected chi connectivity index (χ1v) is 8.03. The van der Waals surface area contributed by atoms with E-state index < -0.39 is 5.60 Å². The Hall–Kier alpha value is -1.06. The topological polar surface area (TPSA) is 38.0 Å². The SMILES string of the molecule is CC(C)(O)/C(=C/[Se]c1ccc(Cl)cc1)n1ccnc1. The molecule has 0 saturated carbocycles. The molecule has 0 unspecified atom stereocenters. The summed E-state index contributed by atoms with van der Waals surface area (Å²) in [5.41, 5.74) is -0.0746. The predicted octanol–water partition coefficient (Wildman–Crippen LogP) is 2.14. The molecule has 0 aliphatic carbocycles. The molecule has 0 amide bonds. The molecule has 1 aromatic carbocycles. The normalized spacial score (nSPS) is 12.7. The zero-order valence-electron chi connectivity index (χ0n) is 10.7. The second-order valence-electron chi connectivity index (χ2n) is 4.60. The van der Waals surface area contributed by atoms with Crippen LogP contribution in [0.15, 0.2) is 48.0 Å². The van der Waals surface area contributed by atoms with Gasteiger partial charge >= 0.3 is 124 Å². The van der Waals surface area contributed by atoms with Gasteiger partial charge in [0.2, 0.25) is 0 Å². The molecule has 0 fully saturated rings. The first kappa shape index (κ1) is 14.4. The van der Waals surface area contributed by atoms with Crippen LogP contribution in [0.1, 0.15) is 13.8 Å². The molecule has 0 atom stereocenters. The van der Waals surface area contributed by atoms with Crippen LogP contribution in [-0.4, -0.2) is 35.2 Å². The second-order valence-corrected chi connectivity index (χ2v) is 7.02. The molecule has 3 nitrogen and oxygen atoms in total. The summed E-state index contributed by atoms with van der Waals surface area (Å²) in [6.45, 7) is 3.55. The zero-order valence-corrected chi connectivity index (χ0v) is 13.2. The molecule has 0 bridgehead atoms. The number of aromatic nitrogens is 2. The Kier molecular flexibility index (Phi) is 4.48. The van der Waals surface area contributed by atoms with Crippen LogP contribution in [0.25, 0.3) is 5.70 Å². The van der Waals surface area contributed by atoms with Gasteiger partial charge in [0.05, 0.1) is 0 Å². The summed E-state index contributed by atoms with van der Waals surface area (Å²) in [5.74, 6) is 0. The number of hydrogen-bond donors (Lipinski definition) is 1. The van der Waals surface area contributed by atoms with Gasteiger partial charge in [0.1, 0.15) is 0 Å². The third kappa shape index (κ3) is 3.95. The van der Waals surface area contributed by atoms with E-state index in [1.54, 1.807) is 26.4 Å². The molecule has 5 heteroatoms. The van der Waals surface area contributed by atoms with E-state index in [1.807, 2.05) is 35.0 Å². The van der Waals surface area contributed by atoms with Crippen molar-refractivity contribution >= 4 is 36.7 Å². The fraction of sp³-hybridized carbons (Fsp3) is 0.214. The van der Waals surface area contributed by atoms with Crippen LogP contribution >= 0.6 is 11.6 Å². The van der Waals surface area contributed by atoms with Crippen molar-refractivity contribution in [2.45, 2.75) is 19.4 Å². The molecule has 0 spiro atoms. The van der Waals surface area contributed by atoms with Gasteiger partial charge in [-0.1, -0.05) is 0 Å². The number of nitrogens with zero attached hydrogens (tertiary/aromatic N) is 2. The summed E-state index contributed by atoms with van der Waals surface area (Å²) in [6, 6.07) is 7.78. The maximum absolute atomic E-state index is 10.2. The van der Waals surface area contributed by atoms with E-state index in [9.17, 15) is 5.11 Å². The molecule has 0 radical (unpaired) electrons. The predicted molar refractivity (Wildman–Crippen MR) is 79.6 cm³/mol. The molecule has 19 heavy (non-hydrogen) atoms. The van der Waals surface area contributed by atoms with Gasteiger partial charge in [0.25, 0.3) is 0 Å². The van der Waals surface area contributed by atoms with Gasteiger partial charge in [-0.25, -0.2) is 0 Å². The summed E-state index contributed by atoms with van der Waals surface area (Å²) in [4.78, 5) is 6.09. The second kappa shape index (κ2) is 5.93. The Labute approximate surface area is 124 Å². The van der Waals surface area contributed by atoms with Crippen molar-refractivity contribution in [1.29, 1.82) is 0 Å². The van der Waals surface area contributed by atoms with Crippen molar-refractivity contribution in [1.82, 2.24) is 9.55 Å². The maximum atomic E-state index is 10.2. The van der Waals surface area contributed by atoms with Crippen LogP contribution in [0.4, 0.5) is 0 Å². The van der Waals surface area contributed by atoms with Gasteiger partial charge in [0, 0.05) is 0 Å². The van der Waals surface area contributed by atoms with Gasteiger partial charge in [-0.05, 0) is 0 Å². The van der Waals surface area contributed by atoms with Gasteiger partial charge < -0.3 is 0 Å². The van der Waals surface area contributed by atoms with Crippen molar-refractivity contribution in [3.05, 3.63) is 53.0 Å². The first-order valence-electron chi connectivity index (χ1n) is 5.80. The van der Waals surface area contributed by atoms with Crippen molar-refractivity contribution < 1.29 is 5.11 Å². The Morgan fingerprint density at radius 1 is 1.37 bits per heavy atom. The Morgan fingerprint density at radius 2 is 2.05 bits per heavy atom. The van der Waals surface area contributed by atoms with E-state index in [0.29, 0.717) is 0 Å². The summed E-state index contributed by atoms with van der Waals surface area (Å²) in [5, 5.41) is 11.0. The first-order chi connectivity index (χ1) is 8.97. The number of rotatable bonds is 4. The molecule has 2 rings (SSSR count). The Morgan fingerprint density at radius 3 is 2.58 bits per heavy atom. The van der Waals surface area contributed by atoms with Crippen molar-refractivity contribution in [3.8, 4) is 0 Å². The summed E-state index contributed by atoms with van der Waals surface area (Å²) in [7, 11) is 0. The minimum atomic E-state index is -0.908. The number of benzene rings is 1. The van der Waals surface area contributed by atoms with Gasteiger partial charge in [0.15, 0.2) is 0 Å². The monoisotopic (exact) mass is 342 g/mol. The van der Waals surface area contributed by atoms with Crippen LogP contribution in [0, 0.1) is 0 Å². The van der Waals surface area contributed by atoms with E-state index in [0.717, 1.165) is 10.7 Å². The summed E-state index contributed by atoms with van der Waals surface area (Å²) in [6.07, 6.45) is 5.23. The summed E-state index contributed by atoms with van der Waals surface area (Å²) >= 11 is 6.00. The average molecular weight is 342 g/mol. The number of aliphatic hydroxyl groups is 1. The van der Waals surface area contributed by atoms with Crippen LogP contribution in [0.3, 0.4) is 0 Å². The molecular weight excluding hydrogens is 327 g/mol. The van der Waals surface area contributed by atoms with E-state index in [4.69, 9.17) is 11.6 Å². The number of hydrogen-bond acceptors (Lipinski definition) is 2.